The van der Waals surface area contributed by atoms with Crippen molar-refractivity contribution in [1.82, 2.24) is 9.97 Å². The van der Waals surface area contributed by atoms with E-state index in [4.69, 9.17) is 4.74 Å². The van der Waals surface area contributed by atoms with E-state index in [1.54, 1.807) is 37.3 Å². The fourth-order valence-corrected chi connectivity index (χ4v) is 2.11. The zero-order valence-electron chi connectivity index (χ0n) is 11.9. The van der Waals surface area contributed by atoms with E-state index in [1.807, 2.05) is 18.2 Å². The Balaban J connectivity index is 1.70. The first kappa shape index (κ1) is 13.9. The third-order valence-corrected chi connectivity index (χ3v) is 3.21. The topological polar surface area (TPSA) is 87.0 Å². The van der Waals surface area contributed by atoms with Crippen molar-refractivity contribution in [3.8, 4) is 5.75 Å². The van der Waals surface area contributed by atoms with Gasteiger partial charge in [-0.05, 0) is 37.3 Å². The van der Waals surface area contributed by atoms with Gasteiger partial charge in [-0.25, -0.2) is 4.79 Å². The fraction of sp³-hybridized carbons (Fsp3) is 0.125. The maximum atomic E-state index is 12.1. The van der Waals surface area contributed by atoms with Crippen LogP contribution in [0.4, 0.5) is 5.69 Å². The van der Waals surface area contributed by atoms with E-state index >= 15 is 0 Å². The number of imidazole rings is 1. The summed E-state index contributed by atoms with van der Waals surface area (Å²) in [5.74, 6) is 0.372. The molecule has 1 atom stereocenters. The van der Waals surface area contributed by atoms with E-state index < -0.39 is 6.10 Å². The third-order valence-electron chi connectivity index (χ3n) is 3.21. The highest BCUT2D eigenvalue weighted by molar-refractivity contribution is 5.95. The van der Waals surface area contributed by atoms with Crippen molar-refractivity contribution < 1.29 is 9.53 Å². The van der Waals surface area contributed by atoms with Crippen LogP contribution in [0, 0.1) is 0 Å². The van der Waals surface area contributed by atoms with E-state index in [1.165, 1.54) is 0 Å². The minimum Gasteiger partial charge on any atom is -0.481 e. The lowest BCUT2D eigenvalue weighted by Gasteiger charge is -2.14. The summed E-state index contributed by atoms with van der Waals surface area (Å²) >= 11 is 0. The lowest BCUT2D eigenvalue weighted by atomic mass is 10.2. The second-order valence-corrected chi connectivity index (χ2v) is 4.90. The highest BCUT2D eigenvalue weighted by atomic mass is 16.5. The van der Waals surface area contributed by atoms with Crippen LogP contribution in [0.3, 0.4) is 0 Å². The summed E-state index contributed by atoms with van der Waals surface area (Å²) in [4.78, 5) is 28.7. The maximum absolute atomic E-state index is 12.1. The molecule has 0 radical (unpaired) electrons. The number of amides is 1. The SMILES string of the molecule is C[C@H](Oc1ccccc1)C(=O)Nc1ccc2[nH]c(=O)[nH]c2c1. The molecule has 6 heteroatoms. The molecule has 1 heterocycles. The summed E-state index contributed by atoms with van der Waals surface area (Å²) < 4.78 is 5.56. The number of para-hydroxylation sites is 1. The Morgan fingerprint density at radius 1 is 1.09 bits per heavy atom. The van der Waals surface area contributed by atoms with Gasteiger partial charge in [0, 0.05) is 5.69 Å². The predicted octanol–water partition coefficient (Wildman–Crippen LogP) is 2.26. The smallest absolute Gasteiger partial charge is 0.323 e. The molecule has 6 nitrogen and oxygen atoms in total. The molecular formula is C16H15N3O3. The lowest BCUT2D eigenvalue weighted by Crippen LogP contribution is -2.30. The monoisotopic (exact) mass is 297 g/mol. The Morgan fingerprint density at radius 2 is 1.82 bits per heavy atom. The molecule has 0 bridgehead atoms. The maximum Gasteiger partial charge on any atom is 0.323 e. The van der Waals surface area contributed by atoms with Crippen LogP contribution < -0.4 is 15.7 Å². The van der Waals surface area contributed by atoms with Crippen LogP contribution in [0.15, 0.2) is 53.3 Å². The zero-order chi connectivity index (χ0) is 15.5. The molecule has 0 aliphatic heterocycles. The van der Waals surface area contributed by atoms with Crippen LogP contribution >= 0.6 is 0 Å². The number of benzene rings is 2. The van der Waals surface area contributed by atoms with Gasteiger partial charge < -0.3 is 20.0 Å². The van der Waals surface area contributed by atoms with Crippen molar-refractivity contribution >= 4 is 22.6 Å². The lowest BCUT2D eigenvalue weighted by molar-refractivity contribution is -0.122. The molecule has 0 saturated heterocycles. The number of carbonyl (C=O) groups is 1. The number of H-pyrrole nitrogens is 2. The molecule has 0 aliphatic carbocycles. The highest BCUT2D eigenvalue weighted by Crippen LogP contribution is 2.16. The van der Waals surface area contributed by atoms with Crippen LogP contribution in [0.25, 0.3) is 11.0 Å². The first-order chi connectivity index (χ1) is 10.6. The van der Waals surface area contributed by atoms with Crippen molar-refractivity contribution in [3.63, 3.8) is 0 Å². The minimum absolute atomic E-state index is 0.263. The number of hydrogen-bond acceptors (Lipinski definition) is 3. The van der Waals surface area contributed by atoms with Crippen molar-refractivity contribution in [2.24, 2.45) is 0 Å². The number of carbonyl (C=O) groups excluding carboxylic acids is 1. The predicted molar refractivity (Wildman–Crippen MR) is 84.1 cm³/mol. The number of aromatic nitrogens is 2. The van der Waals surface area contributed by atoms with Crippen LogP contribution in [-0.4, -0.2) is 22.0 Å². The number of rotatable bonds is 4. The molecule has 0 saturated carbocycles. The van der Waals surface area contributed by atoms with Gasteiger partial charge in [-0.3, -0.25) is 4.79 Å². The van der Waals surface area contributed by atoms with Crippen molar-refractivity contribution in [2.45, 2.75) is 13.0 Å². The van der Waals surface area contributed by atoms with Crippen LogP contribution in [0.2, 0.25) is 0 Å². The van der Waals surface area contributed by atoms with E-state index in [2.05, 4.69) is 15.3 Å². The van der Waals surface area contributed by atoms with Crippen LogP contribution in [0.5, 0.6) is 5.75 Å². The fourth-order valence-electron chi connectivity index (χ4n) is 2.11. The Morgan fingerprint density at radius 3 is 2.59 bits per heavy atom. The Kier molecular flexibility index (Phi) is 3.65. The Labute approximate surface area is 126 Å². The zero-order valence-corrected chi connectivity index (χ0v) is 11.9. The van der Waals surface area contributed by atoms with Crippen molar-refractivity contribution in [2.75, 3.05) is 5.32 Å². The molecule has 0 fully saturated rings. The summed E-state index contributed by atoms with van der Waals surface area (Å²) in [6.45, 7) is 1.68. The Bertz CT molecular complexity index is 852. The third kappa shape index (κ3) is 3.01. The number of ether oxygens (including phenoxy) is 1. The van der Waals surface area contributed by atoms with E-state index in [0.29, 0.717) is 22.5 Å². The second kappa shape index (κ2) is 5.77. The quantitative estimate of drug-likeness (QED) is 0.690. The van der Waals surface area contributed by atoms with Gasteiger partial charge in [0.25, 0.3) is 5.91 Å². The molecule has 3 rings (SSSR count). The van der Waals surface area contributed by atoms with Gasteiger partial charge >= 0.3 is 5.69 Å². The molecule has 3 N–H and O–H groups in total. The van der Waals surface area contributed by atoms with Gasteiger partial charge in [-0.1, -0.05) is 18.2 Å². The molecule has 1 aromatic heterocycles. The molecular weight excluding hydrogens is 282 g/mol. The summed E-state index contributed by atoms with van der Waals surface area (Å²) in [5.41, 5.74) is 1.64. The van der Waals surface area contributed by atoms with E-state index in [9.17, 15) is 9.59 Å². The number of fused-ring (bicyclic) bond motifs is 1. The standard InChI is InChI=1S/C16H15N3O3/c1-10(22-12-5-3-2-4-6-12)15(20)17-11-7-8-13-14(9-11)19-16(21)18-13/h2-10H,1H3,(H,17,20)(H2,18,19,21)/t10-/m0/s1. The summed E-state index contributed by atoms with van der Waals surface area (Å²) in [5, 5.41) is 2.76. The van der Waals surface area contributed by atoms with Crippen LogP contribution in [-0.2, 0) is 4.79 Å². The summed E-state index contributed by atoms with van der Waals surface area (Å²) in [7, 11) is 0. The molecule has 22 heavy (non-hydrogen) atoms. The van der Waals surface area contributed by atoms with E-state index in [-0.39, 0.29) is 11.6 Å². The van der Waals surface area contributed by atoms with Gasteiger partial charge in [0.2, 0.25) is 0 Å². The normalized spacial score (nSPS) is 12.0. The summed E-state index contributed by atoms with van der Waals surface area (Å²) in [6, 6.07) is 14.3. The largest absolute Gasteiger partial charge is 0.481 e. The van der Waals surface area contributed by atoms with Gasteiger partial charge in [-0.15, -0.1) is 0 Å². The van der Waals surface area contributed by atoms with E-state index in [0.717, 1.165) is 0 Å². The van der Waals surface area contributed by atoms with Gasteiger partial charge in [0.1, 0.15) is 5.75 Å². The summed E-state index contributed by atoms with van der Waals surface area (Å²) in [6.07, 6.45) is -0.636. The van der Waals surface area contributed by atoms with Gasteiger partial charge in [-0.2, -0.15) is 0 Å². The number of nitrogens with one attached hydrogen (secondary N) is 3. The number of anilines is 1. The highest BCUT2D eigenvalue weighted by Gasteiger charge is 2.15. The molecule has 112 valence electrons. The van der Waals surface area contributed by atoms with Crippen LogP contribution in [0.1, 0.15) is 6.92 Å². The molecule has 0 unspecified atom stereocenters. The van der Waals surface area contributed by atoms with Gasteiger partial charge in [0.05, 0.1) is 11.0 Å². The first-order valence-electron chi connectivity index (χ1n) is 6.86. The minimum atomic E-state index is -0.636. The van der Waals surface area contributed by atoms with Crippen molar-refractivity contribution in [3.05, 3.63) is 59.0 Å². The molecule has 0 spiro atoms. The second-order valence-electron chi connectivity index (χ2n) is 4.90. The number of aromatic amines is 2. The average Bonchev–Trinajstić information content (AvgIpc) is 2.87. The first-order valence-corrected chi connectivity index (χ1v) is 6.86. The number of hydrogen-bond donors (Lipinski definition) is 3. The Hall–Kier alpha value is -3.02. The molecule has 0 aliphatic rings. The molecule has 1 amide bonds. The van der Waals surface area contributed by atoms with Crippen molar-refractivity contribution in [1.29, 1.82) is 0 Å². The van der Waals surface area contributed by atoms with Gasteiger partial charge in [0.15, 0.2) is 6.10 Å². The average molecular weight is 297 g/mol. The molecule has 3 aromatic rings. The molecule has 2 aromatic carbocycles.